The van der Waals surface area contributed by atoms with Crippen molar-refractivity contribution in [1.82, 2.24) is 4.90 Å². The maximum absolute atomic E-state index is 12.8. The van der Waals surface area contributed by atoms with Gasteiger partial charge in [0.05, 0.1) is 4.91 Å². The number of rotatable bonds is 7. The summed E-state index contributed by atoms with van der Waals surface area (Å²) >= 11 is 4.17. The van der Waals surface area contributed by atoms with Crippen molar-refractivity contribution < 1.29 is 28.6 Å². The van der Waals surface area contributed by atoms with Gasteiger partial charge in [-0.05, 0) is 48.2 Å². The third-order valence-corrected chi connectivity index (χ3v) is 6.02. The molecule has 0 atom stereocenters. The fourth-order valence-corrected chi connectivity index (χ4v) is 4.36. The standard InChI is InChI=1S/C23H19BrN2O6S/c1-2-7-30-17-5-3-15(24)10-14(17)11-20-22(28)26(23(29)33-20)13-21(27)25-16-4-6-18-19(12-16)32-9-8-31-18/h2-6,10-12H,1,7-9,13H2,(H,25,27)/b20-11+. The van der Waals surface area contributed by atoms with Gasteiger partial charge in [-0.15, -0.1) is 0 Å². The minimum Gasteiger partial charge on any atom is -0.489 e. The Morgan fingerprint density at radius 1 is 1.18 bits per heavy atom. The van der Waals surface area contributed by atoms with Gasteiger partial charge in [-0.1, -0.05) is 28.6 Å². The molecular formula is C23H19BrN2O6S. The number of benzene rings is 2. The van der Waals surface area contributed by atoms with Crippen LogP contribution in [0.1, 0.15) is 5.56 Å². The minimum atomic E-state index is -0.544. The first kappa shape index (κ1) is 22.9. The molecule has 10 heteroatoms. The number of nitrogens with one attached hydrogen (secondary N) is 1. The van der Waals surface area contributed by atoms with Crippen LogP contribution in [-0.2, 0) is 9.59 Å². The number of carbonyl (C=O) groups excluding carboxylic acids is 3. The lowest BCUT2D eigenvalue weighted by atomic mass is 10.2. The molecule has 2 aromatic rings. The molecule has 4 rings (SSSR count). The van der Waals surface area contributed by atoms with Crippen LogP contribution in [0.5, 0.6) is 17.2 Å². The first-order valence-electron chi connectivity index (χ1n) is 9.92. The maximum atomic E-state index is 12.8. The van der Waals surface area contributed by atoms with Crippen molar-refractivity contribution in [3.8, 4) is 17.2 Å². The van der Waals surface area contributed by atoms with Gasteiger partial charge in [0.15, 0.2) is 11.5 Å². The molecule has 0 bridgehead atoms. The Morgan fingerprint density at radius 2 is 1.97 bits per heavy atom. The van der Waals surface area contributed by atoms with E-state index in [0.29, 0.717) is 48.3 Å². The van der Waals surface area contributed by atoms with Crippen LogP contribution < -0.4 is 19.5 Å². The molecule has 1 fully saturated rings. The molecule has 0 spiro atoms. The number of fused-ring (bicyclic) bond motifs is 1. The predicted molar refractivity (Wildman–Crippen MR) is 129 cm³/mol. The Bertz CT molecular complexity index is 1170. The Labute approximate surface area is 202 Å². The third kappa shape index (κ3) is 5.40. The van der Waals surface area contributed by atoms with Crippen molar-refractivity contribution in [2.75, 3.05) is 31.7 Å². The second kappa shape index (κ2) is 10.1. The van der Waals surface area contributed by atoms with E-state index in [-0.39, 0.29) is 4.91 Å². The number of nitrogens with zero attached hydrogens (tertiary/aromatic N) is 1. The predicted octanol–water partition coefficient (Wildman–Crippen LogP) is 4.46. The highest BCUT2D eigenvalue weighted by molar-refractivity contribution is 9.10. The lowest BCUT2D eigenvalue weighted by Crippen LogP contribution is -2.36. The van der Waals surface area contributed by atoms with Gasteiger partial charge in [-0.3, -0.25) is 19.3 Å². The van der Waals surface area contributed by atoms with Gasteiger partial charge in [-0.25, -0.2) is 0 Å². The number of thioether (sulfide) groups is 1. The molecule has 0 aromatic heterocycles. The summed E-state index contributed by atoms with van der Waals surface area (Å²) in [6.07, 6.45) is 3.19. The molecular weight excluding hydrogens is 512 g/mol. The van der Waals surface area contributed by atoms with Crippen LogP contribution in [0.2, 0.25) is 0 Å². The second-order valence-electron chi connectivity index (χ2n) is 6.96. The Kier molecular flexibility index (Phi) is 7.05. The van der Waals surface area contributed by atoms with E-state index >= 15 is 0 Å². The smallest absolute Gasteiger partial charge is 0.294 e. The molecule has 2 heterocycles. The zero-order chi connectivity index (χ0) is 23.4. The number of anilines is 1. The van der Waals surface area contributed by atoms with Crippen LogP contribution in [0, 0.1) is 0 Å². The number of amides is 3. The van der Waals surface area contributed by atoms with Gasteiger partial charge in [0.2, 0.25) is 5.91 Å². The number of hydrogen-bond acceptors (Lipinski definition) is 7. The van der Waals surface area contributed by atoms with E-state index in [0.717, 1.165) is 21.1 Å². The van der Waals surface area contributed by atoms with E-state index in [1.807, 2.05) is 6.07 Å². The largest absolute Gasteiger partial charge is 0.489 e. The number of halogens is 1. The van der Waals surface area contributed by atoms with Gasteiger partial charge >= 0.3 is 0 Å². The van der Waals surface area contributed by atoms with Gasteiger partial charge < -0.3 is 19.5 Å². The molecule has 1 N–H and O–H groups in total. The summed E-state index contributed by atoms with van der Waals surface area (Å²) in [5, 5.41) is 2.16. The molecule has 8 nitrogen and oxygen atoms in total. The van der Waals surface area contributed by atoms with E-state index in [9.17, 15) is 14.4 Å². The summed E-state index contributed by atoms with van der Waals surface area (Å²) in [4.78, 5) is 38.9. The van der Waals surface area contributed by atoms with Gasteiger partial charge in [0.1, 0.15) is 32.1 Å². The number of ether oxygens (including phenoxy) is 3. The average molecular weight is 531 g/mol. The van der Waals surface area contributed by atoms with Crippen molar-refractivity contribution >= 4 is 56.5 Å². The quantitative estimate of drug-likeness (QED) is 0.417. The Hall–Kier alpha value is -3.24. The summed E-state index contributed by atoms with van der Waals surface area (Å²) < 4.78 is 17.4. The van der Waals surface area contributed by atoms with E-state index in [4.69, 9.17) is 14.2 Å². The van der Waals surface area contributed by atoms with E-state index < -0.39 is 23.6 Å². The highest BCUT2D eigenvalue weighted by Crippen LogP contribution is 2.35. The SMILES string of the molecule is C=CCOc1ccc(Br)cc1/C=C1/SC(=O)N(CC(=O)Nc2ccc3c(c2)OCCO3)C1=O. The fourth-order valence-electron chi connectivity index (χ4n) is 3.16. The molecule has 0 saturated carbocycles. The van der Waals surface area contributed by atoms with Crippen molar-refractivity contribution in [3.05, 3.63) is 64.0 Å². The lowest BCUT2D eigenvalue weighted by Gasteiger charge is -2.19. The summed E-state index contributed by atoms with van der Waals surface area (Å²) in [5.41, 5.74) is 1.10. The molecule has 2 aliphatic heterocycles. The zero-order valence-corrected chi connectivity index (χ0v) is 19.7. The monoisotopic (exact) mass is 530 g/mol. The topological polar surface area (TPSA) is 94.2 Å². The first-order chi connectivity index (χ1) is 15.9. The summed E-state index contributed by atoms with van der Waals surface area (Å²) in [5.74, 6) is 0.613. The maximum Gasteiger partial charge on any atom is 0.294 e. The van der Waals surface area contributed by atoms with Crippen LogP contribution in [-0.4, -0.2) is 48.3 Å². The van der Waals surface area contributed by atoms with E-state index in [1.165, 1.54) is 0 Å². The molecule has 33 heavy (non-hydrogen) atoms. The van der Waals surface area contributed by atoms with Crippen molar-refractivity contribution in [2.45, 2.75) is 0 Å². The Morgan fingerprint density at radius 3 is 2.76 bits per heavy atom. The average Bonchev–Trinajstić information content (AvgIpc) is 3.05. The molecule has 0 aliphatic carbocycles. The normalized spacial score (nSPS) is 16.2. The molecule has 3 amide bonds. The highest BCUT2D eigenvalue weighted by Gasteiger charge is 2.36. The van der Waals surface area contributed by atoms with Gasteiger partial charge in [-0.2, -0.15) is 0 Å². The summed E-state index contributed by atoms with van der Waals surface area (Å²) in [6.45, 7) is 4.40. The Balaban J connectivity index is 1.46. The van der Waals surface area contributed by atoms with E-state index in [2.05, 4.69) is 27.8 Å². The molecule has 0 unspecified atom stereocenters. The molecule has 0 radical (unpaired) electrons. The number of hydrogen-bond donors (Lipinski definition) is 1. The third-order valence-electron chi connectivity index (χ3n) is 4.62. The number of imide groups is 1. The van der Waals surface area contributed by atoms with Crippen molar-refractivity contribution in [2.24, 2.45) is 0 Å². The lowest BCUT2D eigenvalue weighted by molar-refractivity contribution is -0.127. The van der Waals surface area contributed by atoms with E-state index in [1.54, 1.807) is 42.5 Å². The van der Waals surface area contributed by atoms with Crippen LogP contribution in [0.25, 0.3) is 6.08 Å². The molecule has 2 aromatic carbocycles. The van der Waals surface area contributed by atoms with Gasteiger partial charge in [0, 0.05) is 21.8 Å². The van der Waals surface area contributed by atoms with Gasteiger partial charge in [0.25, 0.3) is 11.1 Å². The fraction of sp³-hybridized carbons (Fsp3) is 0.174. The molecule has 170 valence electrons. The summed E-state index contributed by atoms with van der Waals surface area (Å²) in [7, 11) is 0. The first-order valence-corrected chi connectivity index (χ1v) is 11.5. The second-order valence-corrected chi connectivity index (χ2v) is 8.87. The van der Waals surface area contributed by atoms with Crippen LogP contribution >= 0.6 is 27.7 Å². The molecule has 2 aliphatic rings. The number of carbonyl (C=O) groups is 3. The minimum absolute atomic E-state index is 0.202. The molecule has 1 saturated heterocycles. The summed E-state index contributed by atoms with van der Waals surface area (Å²) in [6, 6.07) is 10.3. The van der Waals surface area contributed by atoms with Crippen LogP contribution in [0.3, 0.4) is 0 Å². The highest BCUT2D eigenvalue weighted by atomic mass is 79.9. The van der Waals surface area contributed by atoms with Crippen LogP contribution in [0.4, 0.5) is 10.5 Å². The van der Waals surface area contributed by atoms with Crippen LogP contribution in [0.15, 0.2) is 58.4 Å². The van der Waals surface area contributed by atoms with Crippen molar-refractivity contribution in [1.29, 1.82) is 0 Å². The van der Waals surface area contributed by atoms with Crippen molar-refractivity contribution in [3.63, 3.8) is 0 Å². The zero-order valence-electron chi connectivity index (χ0n) is 17.3.